The van der Waals surface area contributed by atoms with Crippen LogP contribution in [0.4, 0.5) is 10.6 Å². The largest absolute Gasteiger partial charge is 0.477 e. The van der Waals surface area contributed by atoms with Crippen LogP contribution in [-0.2, 0) is 14.2 Å². The molecule has 3 aromatic heterocycles. The molecule has 2 aliphatic rings. The molecule has 0 radical (unpaired) electrons. The smallest absolute Gasteiger partial charge is 0.341 e. The van der Waals surface area contributed by atoms with E-state index >= 15 is 0 Å². The minimum absolute atomic E-state index is 0.0354. The number of carboxylic acids is 1. The Kier molecular flexibility index (Phi) is 7.49. The summed E-state index contributed by atoms with van der Waals surface area (Å²) in [6.45, 7) is 2.19. The number of benzene rings is 1. The van der Waals surface area contributed by atoms with Gasteiger partial charge in [-0.3, -0.25) is 9.88 Å². The number of carbonyl (C=O) groups is 2. The Morgan fingerprint density at radius 3 is 2.71 bits per heavy atom. The molecule has 4 aromatic rings. The van der Waals surface area contributed by atoms with Gasteiger partial charge in [0.25, 0.3) is 0 Å². The van der Waals surface area contributed by atoms with Crippen molar-refractivity contribution in [3.63, 3.8) is 0 Å². The molecule has 5 heterocycles. The Bertz CT molecular complexity index is 1600. The maximum Gasteiger partial charge on any atom is 0.341 e. The Hall–Kier alpha value is -4.18. The molecule has 2 amide bonds. The van der Waals surface area contributed by atoms with Gasteiger partial charge < -0.3 is 29.4 Å². The molecule has 0 aliphatic carbocycles. The number of nitrogens with one attached hydrogen (secondary N) is 2. The summed E-state index contributed by atoms with van der Waals surface area (Å²) < 4.78 is 27.5. The van der Waals surface area contributed by atoms with Crippen LogP contribution in [0.1, 0.15) is 35.4 Å². The fourth-order valence-electron chi connectivity index (χ4n) is 4.78. The van der Waals surface area contributed by atoms with Crippen LogP contribution in [0.15, 0.2) is 59.7 Å². The van der Waals surface area contributed by atoms with Gasteiger partial charge >= 0.3 is 12.0 Å². The number of hydrogen-bond donors (Lipinski definition) is 3. The van der Waals surface area contributed by atoms with E-state index in [1.807, 2.05) is 24.3 Å². The van der Waals surface area contributed by atoms with Crippen molar-refractivity contribution in [2.45, 2.75) is 37.8 Å². The highest BCUT2D eigenvalue weighted by molar-refractivity contribution is 9.10. The minimum Gasteiger partial charge on any atom is -0.477 e. The Morgan fingerprint density at radius 1 is 1.07 bits per heavy atom. The van der Waals surface area contributed by atoms with Crippen molar-refractivity contribution in [2.24, 2.45) is 0 Å². The molecule has 15 heteroatoms. The van der Waals surface area contributed by atoms with Crippen LogP contribution in [0.2, 0.25) is 0 Å². The standard InChI is InChI=1S/C26H24BrN7O7/c1-2-28-26(37)33-20-17-21(31-11-30-20)34(12-32-17)23-19-18(40-25(41-19)13-6-3-4-8-15(13)27)16(39-23)10-38-22-14(24(35)36)7-5-9-29-22/h3-9,11-12,16,18-19,23,25H,2,10H2,1H3,(H,35,36)(H2,28,30,31,33,37). The van der Waals surface area contributed by atoms with Crippen molar-refractivity contribution in [1.82, 2.24) is 29.8 Å². The number of aromatic nitrogens is 5. The first kappa shape index (κ1) is 27.0. The van der Waals surface area contributed by atoms with E-state index in [4.69, 9.17) is 18.9 Å². The van der Waals surface area contributed by atoms with E-state index in [-0.39, 0.29) is 23.9 Å². The van der Waals surface area contributed by atoms with Gasteiger partial charge in [-0.05, 0) is 25.1 Å². The summed E-state index contributed by atoms with van der Waals surface area (Å²) in [5.74, 6) is -0.959. The third-order valence-corrected chi connectivity index (χ3v) is 7.32. The second kappa shape index (κ2) is 11.4. The molecule has 1 aromatic carbocycles. The lowest BCUT2D eigenvalue weighted by molar-refractivity contribution is -0.152. The summed E-state index contributed by atoms with van der Waals surface area (Å²) in [6.07, 6.45) is 0.956. The molecule has 212 valence electrons. The van der Waals surface area contributed by atoms with Gasteiger partial charge in [-0.2, -0.15) is 0 Å². The molecule has 41 heavy (non-hydrogen) atoms. The molecule has 2 aliphatic heterocycles. The monoisotopic (exact) mass is 625 g/mol. The number of pyridine rings is 1. The quantitative estimate of drug-likeness (QED) is 0.262. The predicted molar refractivity (Wildman–Crippen MR) is 145 cm³/mol. The third-order valence-electron chi connectivity index (χ3n) is 6.59. The lowest BCUT2D eigenvalue weighted by Gasteiger charge is -2.22. The van der Waals surface area contributed by atoms with E-state index in [9.17, 15) is 14.7 Å². The van der Waals surface area contributed by atoms with Crippen LogP contribution < -0.4 is 15.4 Å². The van der Waals surface area contributed by atoms with Crippen molar-refractivity contribution < 1.29 is 33.6 Å². The van der Waals surface area contributed by atoms with Gasteiger partial charge in [0.05, 0.1) is 6.33 Å². The highest BCUT2D eigenvalue weighted by atomic mass is 79.9. The Balaban J connectivity index is 1.31. The number of rotatable bonds is 8. The van der Waals surface area contributed by atoms with Gasteiger partial charge in [-0.25, -0.2) is 29.5 Å². The van der Waals surface area contributed by atoms with Gasteiger partial charge in [-0.15, -0.1) is 0 Å². The summed E-state index contributed by atoms with van der Waals surface area (Å²) >= 11 is 3.56. The molecule has 5 atom stereocenters. The van der Waals surface area contributed by atoms with E-state index in [2.05, 4.69) is 46.5 Å². The van der Waals surface area contributed by atoms with E-state index in [0.29, 0.717) is 17.7 Å². The van der Waals surface area contributed by atoms with Crippen LogP contribution in [0.5, 0.6) is 5.88 Å². The lowest BCUT2D eigenvalue weighted by atomic mass is 10.1. The molecule has 14 nitrogen and oxygen atoms in total. The number of carbonyl (C=O) groups excluding carboxylic acids is 1. The fraction of sp³-hybridized carbons (Fsp3) is 0.308. The highest BCUT2D eigenvalue weighted by Crippen LogP contribution is 2.46. The number of aromatic carboxylic acids is 1. The molecule has 3 N–H and O–H groups in total. The first-order valence-electron chi connectivity index (χ1n) is 12.7. The number of anilines is 1. The highest BCUT2D eigenvalue weighted by Gasteiger charge is 2.54. The summed E-state index contributed by atoms with van der Waals surface area (Å²) in [4.78, 5) is 40.8. The number of ether oxygens (including phenoxy) is 4. The van der Waals surface area contributed by atoms with Crippen molar-refractivity contribution >= 4 is 44.9 Å². The lowest BCUT2D eigenvalue weighted by Crippen LogP contribution is -2.33. The van der Waals surface area contributed by atoms with Crippen molar-refractivity contribution in [2.75, 3.05) is 18.5 Å². The van der Waals surface area contributed by atoms with Gasteiger partial charge in [-0.1, -0.05) is 34.1 Å². The number of fused-ring (bicyclic) bond motifs is 2. The van der Waals surface area contributed by atoms with E-state index < -0.39 is 42.8 Å². The molecule has 5 unspecified atom stereocenters. The molecule has 2 saturated heterocycles. The number of amides is 2. The van der Waals surface area contributed by atoms with E-state index in [1.165, 1.54) is 31.0 Å². The van der Waals surface area contributed by atoms with E-state index in [0.717, 1.165) is 10.0 Å². The maximum absolute atomic E-state index is 12.1. The number of urea groups is 1. The van der Waals surface area contributed by atoms with Crippen molar-refractivity contribution in [1.29, 1.82) is 0 Å². The van der Waals surface area contributed by atoms with Gasteiger partial charge in [0.1, 0.15) is 36.8 Å². The first-order chi connectivity index (χ1) is 19.9. The number of hydrogen-bond acceptors (Lipinski definition) is 10. The summed E-state index contributed by atoms with van der Waals surface area (Å²) in [6, 6.07) is 10.1. The average molecular weight is 626 g/mol. The van der Waals surface area contributed by atoms with Gasteiger partial charge in [0.2, 0.25) is 5.88 Å². The zero-order valence-electron chi connectivity index (χ0n) is 21.5. The number of nitrogens with zero attached hydrogens (tertiary/aromatic N) is 5. The summed E-state index contributed by atoms with van der Waals surface area (Å²) in [5, 5.41) is 14.8. The zero-order valence-corrected chi connectivity index (χ0v) is 23.1. The maximum atomic E-state index is 12.1. The van der Waals surface area contributed by atoms with Crippen LogP contribution in [-0.4, -0.2) is 73.1 Å². The fourth-order valence-corrected chi connectivity index (χ4v) is 5.25. The average Bonchev–Trinajstić information content (AvgIpc) is 3.67. The first-order valence-corrected chi connectivity index (χ1v) is 13.5. The molecule has 0 saturated carbocycles. The van der Waals surface area contributed by atoms with Gasteiger partial charge in [0.15, 0.2) is 29.5 Å². The van der Waals surface area contributed by atoms with Crippen LogP contribution in [0, 0.1) is 0 Å². The number of halogens is 1. The molecule has 0 bridgehead atoms. The second-order valence-electron chi connectivity index (χ2n) is 9.12. The zero-order chi connectivity index (χ0) is 28.5. The van der Waals surface area contributed by atoms with Crippen molar-refractivity contribution in [3.05, 3.63) is 70.8 Å². The molecular weight excluding hydrogens is 602 g/mol. The van der Waals surface area contributed by atoms with E-state index in [1.54, 1.807) is 11.5 Å². The minimum atomic E-state index is -1.16. The summed E-state index contributed by atoms with van der Waals surface area (Å²) in [7, 11) is 0. The molecular formula is C26H24BrN7O7. The van der Waals surface area contributed by atoms with Crippen molar-refractivity contribution in [3.8, 4) is 5.88 Å². The van der Waals surface area contributed by atoms with Gasteiger partial charge in [0, 0.05) is 22.8 Å². The second-order valence-corrected chi connectivity index (χ2v) is 9.98. The Morgan fingerprint density at radius 2 is 1.90 bits per heavy atom. The van der Waals surface area contributed by atoms with Crippen LogP contribution in [0.3, 0.4) is 0 Å². The summed E-state index contributed by atoms with van der Waals surface area (Å²) in [5.41, 5.74) is 1.49. The number of imidazole rings is 1. The van der Waals surface area contributed by atoms with Crippen LogP contribution >= 0.6 is 15.9 Å². The molecule has 2 fully saturated rings. The topological polar surface area (TPSA) is 172 Å². The Labute approximate surface area is 241 Å². The third kappa shape index (κ3) is 5.19. The number of carboxylic acid groups (broad SMARTS) is 1. The van der Waals surface area contributed by atoms with Crippen LogP contribution in [0.25, 0.3) is 11.2 Å². The SMILES string of the molecule is CCNC(=O)Nc1ncnc2c1ncn2C1OC(COc2ncccc2C(=O)O)C2OC(c3ccccc3Br)OC21. The normalized spacial score (nSPS) is 23.3. The predicted octanol–water partition coefficient (Wildman–Crippen LogP) is 3.28. The molecule has 6 rings (SSSR count). The molecule has 0 spiro atoms.